The zero-order chi connectivity index (χ0) is 60.3. The molecule has 10 aromatic carbocycles. The summed E-state index contributed by atoms with van der Waals surface area (Å²) in [5.74, 6) is -0.678. The molecule has 4 fully saturated rings. The number of amides is 4. The second kappa shape index (κ2) is 20.8. The Morgan fingerprint density at radius 1 is 0.273 bits per heavy atom. The number of carbonyl (C=O) groups excluding carboxylic acids is 4. The third-order valence-corrected chi connectivity index (χ3v) is 21.6. The van der Waals surface area contributed by atoms with E-state index in [1.54, 1.807) is 9.80 Å². The van der Waals surface area contributed by atoms with Gasteiger partial charge < -0.3 is 19.6 Å². The van der Waals surface area contributed by atoms with Crippen molar-refractivity contribution in [3.05, 3.63) is 129 Å². The number of fused-ring (bicyclic) bond motifs is 4. The van der Waals surface area contributed by atoms with Gasteiger partial charge in [0.05, 0.1) is 33.6 Å². The Hall–Kier alpha value is -7.98. The highest BCUT2D eigenvalue weighted by Crippen LogP contribution is 2.58. The highest BCUT2D eigenvalue weighted by atomic mass is 16.2. The van der Waals surface area contributed by atoms with Crippen molar-refractivity contribution in [3.63, 3.8) is 0 Å². The van der Waals surface area contributed by atoms with Crippen LogP contribution in [0.15, 0.2) is 84.9 Å². The van der Waals surface area contributed by atoms with Gasteiger partial charge in [0, 0.05) is 118 Å². The molecule has 6 aliphatic heterocycles. The third-order valence-electron chi connectivity index (χ3n) is 21.6. The molecule has 0 bridgehead atoms. The number of anilines is 6. The van der Waals surface area contributed by atoms with Crippen molar-refractivity contribution in [1.29, 1.82) is 0 Å². The average Bonchev–Trinajstić information content (AvgIpc) is 0.690. The first kappa shape index (κ1) is 55.3. The molecule has 4 amide bonds. The summed E-state index contributed by atoms with van der Waals surface area (Å²) in [6.07, 6.45) is 13.1. The Kier molecular flexibility index (Phi) is 13.1. The molecule has 0 spiro atoms. The molecule has 0 radical (unpaired) electrons. The van der Waals surface area contributed by atoms with Crippen LogP contribution in [0.3, 0.4) is 0 Å². The van der Waals surface area contributed by atoms with E-state index in [9.17, 15) is 0 Å². The molecule has 88 heavy (non-hydrogen) atoms. The number of para-hydroxylation sites is 2. The topological polar surface area (TPSA) is 87.7 Å². The van der Waals surface area contributed by atoms with Gasteiger partial charge in [-0.15, -0.1) is 0 Å². The van der Waals surface area contributed by atoms with Crippen molar-refractivity contribution in [2.24, 2.45) is 0 Å². The monoisotopic (exact) mass is 1170 g/mol. The van der Waals surface area contributed by atoms with Crippen LogP contribution in [0.4, 0.5) is 34.1 Å². The van der Waals surface area contributed by atoms with Crippen LogP contribution in [0.1, 0.15) is 220 Å². The van der Waals surface area contributed by atoms with Crippen LogP contribution in [0.5, 0.6) is 0 Å². The van der Waals surface area contributed by atoms with E-state index in [4.69, 9.17) is 0 Å². The molecule has 6 aliphatic rings. The van der Waals surface area contributed by atoms with Crippen molar-refractivity contribution in [3.8, 4) is 0 Å². The number of carbonyl (C=O) groups is 4. The first-order valence-corrected chi connectivity index (χ1v) is 33.7. The molecule has 0 saturated carbocycles. The summed E-state index contributed by atoms with van der Waals surface area (Å²) >= 11 is 0. The fourth-order valence-corrected chi connectivity index (χ4v) is 17.5. The van der Waals surface area contributed by atoms with Crippen LogP contribution in [0, 0.1) is 0 Å². The third kappa shape index (κ3) is 7.90. The number of benzene rings is 10. The van der Waals surface area contributed by atoms with Gasteiger partial charge in [0.25, 0.3) is 23.6 Å². The summed E-state index contributed by atoms with van der Waals surface area (Å²) in [6.45, 7) is 24.3. The lowest BCUT2D eigenvalue weighted by molar-refractivity contribution is 0.0877. The molecule has 0 atom stereocenters. The maximum atomic E-state index is 16.1. The first-order valence-electron chi connectivity index (χ1n) is 33.7. The van der Waals surface area contributed by atoms with Crippen LogP contribution in [-0.4, -0.2) is 76.0 Å². The molecule has 0 unspecified atom stereocenters. The largest absolute Gasteiger partial charge is 0.371 e. The minimum atomic E-state index is -0.248. The fourth-order valence-electron chi connectivity index (χ4n) is 17.5. The van der Waals surface area contributed by atoms with Gasteiger partial charge in [0.1, 0.15) is 0 Å². The summed E-state index contributed by atoms with van der Waals surface area (Å²) in [7, 11) is 0. The number of imide groups is 2. The van der Waals surface area contributed by atoms with E-state index >= 15 is 19.2 Å². The molecular weight excluding hydrogens is 1080 g/mol. The van der Waals surface area contributed by atoms with E-state index in [1.165, 1.54) is 10.8 Å². The Morgan fingerprint density at radius 2 is 0.500 bits per heavy atom. The zero-order valence-corrected chi connectivity index (χ0v) is 52.9. The number of nitrogens with zero attached hydrogens (tertiary/aromatic N) is 6. The molecule has 10 nitrogen and oxygen atoms in total. The Morgan fingerprint density at radius 3 is 0.716 bits per heavy atom. The summed E-state index contributed by atoms with van der Waals surface area (Å²) in [6, 6.07) is 30.9. The lowest BCUT2D eigenvalue weighted by Gasteiger charge is -2.38. The van der Waals surface area contributed by atoms with Crippen LogP contribution >= 0.6 is 0 Å². The second-order valence-electron chi connectivity index (χ2n) is 28.1. The molecule has 16 rings (SSSR count). The minimum absolute atomic E-state index is 0.0790. The van der Waals surface area contributed by atoms with Gasteiger partial charge in [-0.2, -0.15) is 0 Å². The van der Waals surface area contributed by atoms with Crippen molar-refractivity contribution in [1.82, 2.24) is 0 Å². The Balaban J connectivity index is 1.07. The molecular formula is C78H82N6O4. The van der Waals surface area contributed by atoms with E-state index in [0.717, 1.165) is 250 Å². The zero-order valence-electron chi connectivity index (χ0n) is 52.9. The fraction of sp³-hybridized carbons (Fsp3) is 0.410. The minimum Gasteiger partial charge on any atom is -0.371 e. The van der Waals surface area contributed by atoms with E-state index < -0.39 is 0 Å². The maximum absolute atomic E-state index is 16.1. The summed E-state index contributed by atoms with van der Waals surface area (Å²) < 4.78 is 0. The number of piperidine rings is 4. The molecule has 0 aromatic heterocycles. The van der Waals surface area contributed by atoms with Crippen LogP contribution in [0.25, 0.3) is 75.4 Å². The summed E-state index contributed by atoms with van der Waals surface area (Å²) in [5, 5.41) is 15.0. The quantitative estimate of drug-likeness (QED) is 0.0760. The molecule has 0 N–H and O–H groups in total. The molecule has 6 heterocycles. The van der Waals surface area contributed by atoms with Gasteiger partial charge in [-0.25, -0.2) is 9.80 Å². The van der Waals surface area contributed by atoms with Crippen molar-refractivity contribution in [2.45, 2.75) is 156 Å². The van der Waals surface area contributed by atoms with E-state index in [-0.39, 0.29) is 47.3 Å². The first-order chi connectivity index (χ1) is 42.7. The molecule has 10 heteroatoms. The smallest absolute Gasteiger partial charge is 0.266 e. The average molecular weight is 1170 g/mol. The normalized spacial score (nSPS) is 18.1. The number of hydrogen-bond acceptors (Lipinski definition) is 8. The second-order valence-corrected chi connectivity index (χ2v) is 28.1. The lowest BCUT2D eigenvalue weighted by atomic mass is 9.78. The highest BCUT2D eigenvalue weighted by molar-refractivity contribution is 6.51. The van der Waals surface area contributed by atoms with Crippen LogP contribution < -0.4 is 29.4 Å². The highest BCUT2D eigenvalue weighted by Gasteiger charge is 2.44. The Labute approximate surface area is 517 Å². The van der Waals surface area contributed by atoms with E-state index in [1.807, 2.05) is 0 Å². The van der Waals surface area contributed by atoms with Gasteiger partial charge in [0.2, 0.25) is 0 Å². The van der Waals surface area contributed by atoms with Crippen molar-refractivity contribution >= 4 is 133 Å². The van der Waals surface area contributed by atoms with Crippen LogP contribution in [0.2, 0.25) is 0 Å². The molecule has 0 aliphatic carbocycles. The van der Waals surface area contributed by atoms with E-state index in [2.05, 4.69) is 160 Å². The molecule has 4 saturated heterocycles. The van der Waals surface area contributed by atoms with Gasteiger partial charge >= 0.3 is 0 Å². The van der Waals surface area contributed by atoms with Crippen LogP contribution in [-0.2, 0) is 0 Å². The Bertz CT molecular complexity index is 4050. The molecule has 10 aromatic rings. The molecule has 448 valence electrons. The van der Waals surface area contributed by atoms with Gasteiger partial charge in [0.15, 0.2) is 0 Å². The van der Waals surface area contributed by atoms with Gasteiger partial charge in [-0.05, 0) is 180 Å². The SMILES string of the molecule is CC(C)c1cccc(C(C)C)c1N1C(=O)c2cc(N3CCCCC3)c3c4ccc5c6c(N7CCCCC7)cc7c8c(cc(N9CCCCC9)c(c9ccc(c%10c(N%11CCCCC%11)cc(c2c3%10)C1=O)c4c59)c86)C(=O)N(c1c(C(C)C)cccc1C(C)C)C7=O. The van der Waals surface area contributed by atoms with Crippen molar-refractivity contribution < 1.29 is 19.2 Å². The summed E-state index contributed by atoms with van der Waals surface area (Å²) in [4.78, 5) is 77.9. The predicted octanol–water partition coefficient (Wildman–Crippen LogP) is 18.7. The van der Waals surface area contributed by atoms with Gasteiger partial charge in [-0.3, -0.25) is 19.2 Å². The lowest BCUT2D eigenvalue weighted by Crippen LogP contribution is -2.42. The van der Waals surface area contributed by atoms with E-state index in [0.29, 0.717) is 22.3 Å². The van der Waals surface area contributed by atoms with Crippen molar-refractivity contribution in [2.75, 3.05) is 81.8 Å². The predicted molar refractivity (Wildman–Crippen MR) is 367 cm³/mol. The standard InChI is InChI=1S/C78H82N6O4/c1-43(2)47-23-21-24-48(44(3)4)73(47)83-75(85)55-39-59(79-31-13-9-14-32-79)67-51-27-29-53-64-54(30-28-52(63(51)64)68-60(80-33-15-10-16-34-80)40-56(76(83)86)65(55)71(67)68)70-62(82-37-19-12-20-38-82)42-58-66-57(41-61(69(53)72(66)70)81-35-17-11-18-36-81)77(87)84(78(58)88)74-49(45(5)6)25-22-26-50(74)46(7)8/h21-30,39-46H,9-20,31-38H2,1-8H3. The number of rotatable bonds is 10. The summed E-state index contributed by atoms with van der Waals surface area (Å²) in [5.41, 5.74) is 12.2. The van der Waals surface area contributed by atoms with Gasteiger partial charge in [-0.1, -0.05) is 116 Å². The number of hydrogen-bond donors (Lipinski definition) is 0. The maximum Gasteiger partial charge on any atom is 0.266 e.